The largest absolute Gasteiger partial charge is 0.493 e. The van der Waals surface area contributed by atoms with Crippen LogP contribution in [0.5, 0.6) is 11.5 Å². The molecule has 0 spiro atoms. The Morgan fingerprint density at radius 2 is 1.70 bits per heavy atom. The van der Waals surface area contributed by atoms with E-state index in [2.05, 4.69) is 10.6 Å². The molecule has 0 radical (unpaired) electrons. The van der Waals surface area contributed by atoms with Crippen molar-refractivity contribution in [1.82, 2.24) is 10.6 Å². The number of ether oxygens (including phenoxy) is 2. The monoisotopic (exact) mass is 368 g/mol. The minimum atomic E-state index is -0.649. The predicted octanol–water partition coefficient (Wildman–Crippen LogP) is 2.41. The molecule has 1 atom stereocenters. The Bertz CT molecular complexity index is 775. The summed E-state index contributed by atoms with van der Waals surface area (Å²) in [5.74, 6) is 0.642. The molecule has 0 heterocycles. The van der Waals surface area contributed by atoms with Crippen LogP contribution in [0.4, 0.5) is 0 Å². The van der Waals surface area contributed by atoms with Gasteiger partial charge in [0.2, 0.25) is 11.8 Å². The summed E-state index contributed by atoms with van der Waals surface area (Å²) in [5, 5.41) is 5.35. The van der Waals surface area contributed by atoms with Crippen LogP contribution < -0.4 is 20.1 Å². The van der Waals surface area contributed by atoms with Crippen LogP contribution in [0.25, 0.3) is 6.08 Å². The average molecular weight is 368 g/mol. The molecule has 2 rings (SSSR count). The summed E-state index contributed by atoms with van der Waals surface area (Å²) < 4.78 is 10.8. The molecule has 0 aliphatic carbocycles. The van der Waals surface area contributed by atoms with Gasteiger partial charge in [0.1, 0.15) is 12.6 Å². The lowest BCUT2D eigenvalue weighted by molar-refractivity contribution is -0.126. The number of hydrogen-bond donors (Lipinski definition) is 2. The Morgan fingerprint density at radius 1 is 1.04 bits per heavy atom. The molecule has 0 bridgehead atoms. The van der Waals surface area contributed by atoms with Crippen molar-refractivity contribution in [2.45, 2.75) is 13.0 Å². The first-order valence-corrected chi connectivity index (χ1v) is 8.67. The van der Waals surface area contributed by atoms with Crippen molar-refractivity contribution < 1.29 is 19.1 Å². The molecule has 0 saturated heterocycles. The Balaban J connectivity index is 1.70. The zero-order valence-electron chi connectivity index (χ0n) is 15.5. The number of hydrogen-bond acceptors (Lipinski definition) is 4. The highest BCUT2D eigenvalue weighted by molar-refractivity contribution is 5.95. The van der Waals surface area contributed by atoms with E-state index in [9.17, 15) is 9.59 Å². The molecule has 0 aromatic heterocycles. The van der Waals surface area contributed by atoms with Crippen molar-refractivity contribution in [2.24, 2.45) is 0 Å². The SMILES string of the molecule is COc1ccccc1OCCNC(=O)C(C)NC(=O)/C=C/c1ccccc1. The van der Waals surface area contributed by atoms with Crippen LogP contribution in [-0.2, 0) is 9.59 Å². The Morgan fingerprint density at radius 3 is 2.41 bits per heavy atom. The Kier molecular flexibility index (Phi) is 7.91. The van der Waals surface area contributed by atoms with Crippen molar-refractivity contribution in [1.29, 1.82) is 0 Å². The number of para-hydroxylation sites is 2. The first-order valence-electron chi connectivity index (χ1n) is 8.67. The van der Waals surface area contributed by atoms with Crippen molar-refractivity contribution in [3.63, 3.8) is 0 Å². The number of rotatable bonds is 9. The lowest BCUT2D eigenvalue weighted by Crippen LogP contribution is -2.45. The number of carbonyl (C=O) groups is 2. The lowest BCUT2D eigenvalue weighted by Gasteiger charge is -2.14. The smallest absolute Gasteiger partial charge is 0.244 e. The van der Waals surface area contributed by atoms with Crippen LogP contribution in [0.1, 0.15) is 12.5 Å². The summed E-state index contributed by atoms with van der Waals surface area (Å²) in [6.07, 6.45) is 3.10. The molecule has 6 nitrogen and oxygen atoms in total. The molecule has 27 heavy (non-hydrogen) atoms. The van der Waals surface area contributed by atoms with Gasteiger partial charge < -0.3 is 20.1 Å². The Labute approximate surface area is 159 Å². The predicted molar refractivity (Wildman–Crippen MR) is 105 cm³/mol. The highest BCUT2D eigenvalue weighted by atomic mass is 16.5. The first kappa shape index (κ1) is 20.0. The van der Waals surface area contributed by atoms with Crippen LogP contribution in [0.3, 0.4) is 0 Å². The van der Waals surface area contributed by atoms with Gasteiger partial charge in [-0.1, -0.05) is 42.5 Å². The molecule has 0 aliphatic heterocycles. The van der Waals surface area contributed by atoms with Crippen molar-refractivity contribution in [3.05, 3.63) is 66.2 Å². The van der Waals surface area contributed by atoms with E-state index in [1.807, 2.05) is 42.5 Å². The van der Waals surface area contributed by atoms with Gasteiger partial charge in [0.25, 0.3) is 0 Å². The van der Waals surface area contributed by atoms with Gasteiger partial charge >= 0.3 is 0 Å². The van der Waals surface area contributed by atoms with Crippen molar-refractivity contribution in [3.8, 4) is 11.5 Å². The molecule has 2 amide bonds. The molecule has 2 aromatic rings. The van der Waals surface area contributed by atoms with Gasteiger partial charge in [-0.2, -0.15) is 0 Å². The molecule has 6 heteroatoms. The van der Waals surface area contributed by atoms with Gasteiger partial charge in [-0.05, 0) is 30.7 Å². The molecule has 2 N–H and O–H groups in total. The topological polar surface area (TPSA) is 76.7 Å². The quantitative estimate of drug-likeness (QED) is 0.526. The maximum Gasteiger partial charge on any atom is 0.244 e. The van der Waals surface area contributed by atoms with E-state index in [4.69, 9.17) is 9.47 Å². The van der Waals surface area contributed by atoms with Crippen LogP contribution in [0.15, 0.2) is 60.7 Å². The molecule has 1 unspecified atom stereocenters. The minimum absolute atomic E-state index is 0.278. The van der Waals surface area contributed by atoms with Crippen molar-refractivity contribution >= 4 is 17.9 Å². The standard InChI is InChI=1S/C21H24N2O4/c1-16(23-20(24)13-12-17-8-4-3-5-9-17)21(25)22-14-15-27-19-11-7-6-10-18(19)26-2/h3-13,16H,14-15H2,1-2H3,(H,22,25)(H,23,24)/b13-12+. The van der Waals surface area contributed by atoms with E-state index in [1.165, 1.54) is 6.08 Å². The third kappa shape index (κ3) is 6.86. The zero-order valence-corrected chi connectivity index (χ0v) is 15.5. The first-order chi connectivity index (χ1) is 13.1. The van der Waals surface area contributed by atoms with Crippen molar-refractivity contribution in [2.75, 3.05) is 20.3 Å². The summed E-state index contributed by atoms with van der Waals surface area (Å²) in [6.45, 7) is 2.24. The molecule has 0 fully saturated rings. The fourth-order valence-corrected chi connectivity index (χ4v) is 2.29. The molecular formula is C21H24N2O4. The number of benzene rings is 2. The van der Waals surface area contributed by atoms with Gasteiger partial charge in [0.05, 0.1) is 13.7 Å². The average Bonchev–Trinajstić information content (AvgIpc) is 2.70. The molecule has 142 valence electrons. The lowest BCUT2D eigenvalue weighted by atomic mass is 10.2. The molecule has 2 aromatic carbocycles. The maximum atomic E-state index is 12.1. The highest BCUT2D eigenvalue weighted by Crippen LogP contribution is 2.25. The van der Waals surface area contributed by atoms with Gasteiger partial charge in [0, 0.05) is 6.08 Å². The third-order valence-electron chi connectivity index (χ3n) is 3.71. The molecule has 0 saturated carbocycles. The van der Waals surface area contributed by atoms with Gasteiger partial charge in [-0.25, -0.2) is 0 Å². The van der Waals surface area contributed by atoms with E-state index in [0.29, 0.717) is 24.7 Å². The van der Waals surface area contributed by atoms with Gasteiger partial charge in [0.15, 0.2) is 11.5 Å². The van der Waals surface area contributed by atoms with E-state index in [-0.39, 0.29) is 11.8 Å². The Hall–Kier alpha value is -3.28. The van der Waals surface area contributed by atoms with E-state index in [1.54, 1.807) is 32.2 Å². The second kappa shape index (κ2) is 10.7. The van der Waals surface area contributed by atoms with Crippen LogP contribution >= 0.6 is 0 Å². The zero-order chi connectivity index (χ0) is 19.5. The van der Waals surface area contributed by atoms with Crippen LogP contribution in [-0.4, -0.2) is 38.1 Å². The fourth-order valence-electron chi connectivity index (χ4n) is 2.29. The normalized spacial score (nSPS) is 11.6. The second-order valence-electron chi connectivity index (χ2n) is 5.76. The second-order valence-corrected chi connectivity index (χ2v) is 5.76. The molecular weight excluding hydrogens is 344 g/mol. The summed E-state index contributed by atoms with van der Waals surface area (Å²) in [4.78, 5) is 24.0. The summed E-state index contributed by atoms with van der Waals surface area (Å²) in [7, 11) is 1.57. The fraction of sp³-hybridized carbons (Fsp3) is 0.238. The van der Waals surface area contributed by atoms with Crippen LogP contribution in [0.2, 0.25) is 0 Å². The summed E-state index contributed by atoms with van der Waals surface area (Å²) in [5.41, 5.74) is 0.915. The number of amides is 2. The number of carbonyl (C=O) groups excluding carboxylic acids is 2. The van der Waals surface area contributed by atoms with Gasteiger partial charge in [-0.15, -0.1) is 0 Å². The summed E-state index contributed by atoms with van der Waals surface area (Å²) in [6, 6.07) is 16.1. The third-order valence-corrected chi connectivity index (χ3v) is 3.71. The number of nitrogens with one attached hydrogen (secondary N) is 2. The van der Waals surface area contributed by atoms with E-state index < -0.39 is 6.04 Å². The van der Waals surface area contributed by atoms with E-state index in [0.717, 1.165) is 5.56 Å². The maximum absolute atomic E-state index is 12.1. The van der Waals surface area contributed by atoms with E-state index >= 15 is 0 Å². The minimum Gasteiger partial charge on any atom is -0.493 e. The summed E-state index contributed by atoms with van der Waals surface area (Å²) >= 11 is 0. The highest BCUT2D eigenvalue weighted by Gasteiger charge is 2.13. The van der Waals surface area contributed by atoms with Crippen LogP contribution in [0, 0.1) is 0 Å². The molecule has 0 aliphatic rings. The number of methoxy groups -OCH3 is 1. The van der Waals surface area contributed by atoms with Gasteiger partial charge in [-0.3, -0.25) is 9.59 Å².